The fourth-order valence-corrected chi connectivity index (χ4v) is 3.76. The summed E-state index contributed by atoms with van der Waals surface area (Å²) >= 11 is 6.93. The smallest absolute Gasteiger partial charge is 0.180 e. The molecule has 1 aliphatic heterocycles. The van der Waals surface area contributed by atoms with Crippen molar-refractivity contribution in [3.63, 3.8) is 0 Å². The molecule has 122 valence electrons. The molecule has 0 N–H and O–H groups in total. The van der Waals surface area contributed by atoms with Gasteiger partial charge in [0.05, 0.1) is 6.67 Å². The van der Waals surface area contributed by atoms with E-state index in [1.165, 1.54) is 5.56 Å². The fourth-order valence-electron chi connectivity index (χ4n) is 2.70. The van der Waals surface area contributed by atoms with E-state index in [1.807, 2.05) is 17.7 Å². The largest absolute Gasteiger partial charge is 0.297 e. The lowest BCUT2D eigenvalue weighted by atomic mass is 10.2. The zero-order valence-corrected chi connectivity index (χ0v) is 15.0. The van der Waals surface area contributed by atoms with Crippen LogP contribution in [0.1, 0.15) is 10.6 Å². The first kappa shape index (κ1) is 16.5. The molecule has 0 radical (unpaired) electrons. The molecule has 0 spiro atoms. The van der Waals surface area contributed by atoms with Gasteiger partial charge in [0.2, 0.25) is 0 Å². The molecule has 1 aromatic heterocycles. The normalized spacial score (nSPS) is 17.1. The maximum absolute atomic E-state index is 5.34. The number of aryl methyl sites for hydroxylation is 1. The average molecular weight is 347 g/mol. The highest BCUT2D eigenvalue weighted by Gasteiger charge is 2.16. The van der Waals surface area contributed by atoms with Gasteiger partial charge in [-0.2, -0.15) is 5.10 Å². The number of aromatic nitrogens is 2. The molecule has 23 heavy (non-hydrogen) atoms. The minimum Gasteiger partial charge on any atom is -0.297 e. The summed E-state index contributed by atoms with van der Waals surface area (Å²) in [5.41, 5.74) is 1.26. The first-order chi connectivity index (χ1) is 11.2. The van der Waals surface area contributed by atoms with Gasteiger partial charge < -0.3 is 0 Å². The lowest BCUT2D eigenvalue weighted by Crippen LogP contribution is -2.46. The van der Waals surface area contributed by atoms with Gasteiger partial charge in [-0.25, -0.2) is 4.68 Å². The zero-order valence-electron chi connectivity index (χ0n) is 13.4. The Bertz CT molecular complexity index is 697. The van der Waals surface area contributed by atoms with E-state index in [0.717, 1.165) is 48.4 Å². The quantitative estimate of drug-likeness (QED) is 0.776. The van der Waals surface area contributed by atoms with Gasteiger partial charge in [-0.05, 0) is 24.7 Å². The van der Waals surface area contributed by atoms with Gasteiger partial charge >= 0.3 is 0 Å². The maximum atomic E-state index is 5.34. The van der Waals surface area contributed by atoms with Crippen molar-refractivity contribution in [3.05, 3.63) is 50.9 Å². The van der Waals surface area contributed by atoms with E-state index in [9.17, 15) is 0 Å². The molecule has 0 aliphatic carbocycles. The molecule has 1 aliphatic rings. The molecular weight excluding hydrogens is 324 g/mol. The average Bonchev–Trinajstić information content (AvgIpc) is 2.88. The Labute approximate surface area is 146 Å². The van der Waals surface area contributed by atoms with Crippen LogP contribution in [0, 0.1) is 10.9 Å². The molecule has 0 unspecified atom stereocenters. The van der Waals surface area contributed by atoms with Crippen molar-refractivity contribution < 1.29 is 0 Å². The lowest BCUT2D eigenvalue weighted by molar-refractivity contribution is 0.110. The Morgan fingerprint density at radius 1 is 1.13 bits per heavy atom. The summed E-state index contributed by atoms with van der Waals surface area (Å²) in [5, 5.41) is 5.51. The van der Waals surface area contributed by atoms with Crippen LogP contribution in [0.3, 0.4) is 0 Å². The van der Waals surface area contributed by atoms with Gasteiger partial charge in [-0.3, -0.25) is 9.80 Å². The van der Waals surface area contributed by atoms with Crippen LogP contribution in [0.25, 0.3) is 6.08 Å². The summed E-state index contributed by atoms with van der Waals surface area (Å²) in [6.07, 6.45) is 4.45. The number of rotatable bonds is 5. The van der Waals surface area contributed by atoms with E-state index >= 15 is 0 Å². The highest BCUT2D eigenvalue weighted by Crippen LogP contribution is 2.09. The summed E-state index contributed by atoms with van der Waals surface area (Å²) < 4.78 is 2.82. The van der Waals surface area contributed by atoms with E-state index in [0.29, 0.717) is 0 Å². The van der Waals surface area contributed by atoms with Crippen molar-refractivity contribution >= 4 is 29.6 Å². The van der Waals surface area contributed by atoms with Crippen molar-refractivity contribution in [3.8, 4) is 0 Å². The Morgan fingerprint density at radius 2 is 1.83 bits per heavy atom. The van der Waals surface area contributed by atoms with Crippen LogP contribution in [0.2, 0.25) is 0 Å². The monoisotopic (exact) mass is 346 g/mol. The molecular formula is C17H22N4S2. The maximum Gasteiger partial charge on any atom is 0.180 e. The molecule has 0 amide bonds. The first-order valence-corrected chi connectivity index (χ1v) is 9.14. The number of hydrogen-bond donors (Lipinski definition) is 0. The summed E-state index contributed by atoms with van der Waals surface area (Å²) in [6.45, 7) is 8.16. The number of piperazine rings is 1. The first-order valence-electron chi connectivity index (χ1n) is 7.91. The van der Waals surface area contributed by atoms with Crippen molar-refractivity contribution in [2.75, 3.05) is 32.7 Å². The SMILES string of the molecule is Cc1nn(CN2CCN(C/C=C/c3ccccc3)CC2)c(=S)s1. The van der Waals surface area contributed by atoms with Crippen LogP contribution in [0.4, 0.5) is 0 Å². The van der Waals surface area contributed by atoms with Crippen molar-refractivity contribution in [1.29, 1.82) is 0 Å². The molecule has 4 nitrogen and oxygen atoms in total. The predicted molar refractivity (Wildman–Crippen MR) is 99.2 cm³/mol. The highest BCUT2D eigenvalue weighted by molar-refractivity contribution is 7.73. The summed E-state index contributed by atoms with van der Waals surface area (Å²) in [4.78, 5) is 4.91. The molecule has 0 saturated carbocycles. The molecule has 1 fully saturated rings. The molecule has 0 bridgehead atoms. The second kappa shape index (κ2) is 7.97. The van der Waals surface area contributed by atoms with Crippen LogP contribution >= 0.6 is 23.6 Å². The van der Waals surface area contributed by atoms with Gasteiger partial charge in [-0.15, -0.1) is 0 Å². The summed E-state index contributed by atoms with van der Waals surface area (Å²) in [7, 11) is 0. The summed E-state index contributed by atoms with van der Waals surface area (Å²) in [5.74, 6) is 0. The van der Waals surface area contributed by atoms with Gasteiger partial charge in [0.25, 0.3) is 0 Å². The van der Waals surface area contributed by atoms with Gasteiger partial charge in [0.1, 0.15) is 5.01 Å². The van der Waals surface area contributed by atoms with Crippen molar-refractivity contribution in [1.82, 2.24) is 19.6 Å². The van der Waals surface area contributed by atoms with Crippen LogP contribution < -0.4 is 0 Å². The Kier molecular flexibility index (Phi) is 5.72. The van der Waals surface area contributed by atoms with E-state index < -0.39 is 0 Å². The van der Waals surface area contributed by atoms with Crippen molar-refractivity contribution in [2.24, 2.45) is 0 Å². The van der Waals surface area contributed by atoms with Crippen LogP contribution in [-0.2, 0) is 6.67 Å². The Hall–Kier alpha value is -1.34. The molecule has 1 aromatic carbocycles. The molecule has 1 saturated heterocycles. The lowest BCUT2D eigenvalue weighted by Gasteiger charge is -2.33. The van der Waals surface area contributed by atoms with Gasteiger partial charge in [0.15, 0.2) is 3.95 Å². The molecule has 2 heterocycles. The summed E-state index contributed by atoms with van der Waals surface area (Å²) in [6, 6.07) is 10.5. The van der Waals surface area contributed by atoms with E-state index in [-0.39, 0.29) is 0 Å². The van der Waals surface area contributed by atoms with E-state index in [4.69, 9.17) is 12.2 Å². The van der Waals surface area contributed by atoms with Crippen LogP contribution in [0.5, 0.6) is 0 Å². The topological polar surface area (TPSA) is 24.3 Å². The van der Waals surface area contributed by atoms with Gasteiger partial charge in [-0.1, -0.05) is 53.8 Å². The second-order valence-electron chi connectivity index (χ2n) is 5.76. The van der Waals surface area contributed by atoms with Crippen LogP contribution in [0.15, 0.2) is 36.4 Å². The third-order valence-corrected chi connectivity index (χ3v) is 5.20. The fraction of sp³-hybridized carbons (Fsp3) is 0.412. The Balaban J connectivity index is 1.44. The molecule has 2 aromatic rings. The zero-order chi connectivity index (χ0) is 16.1. The van der Waals surface area contributed by atoms with Gasteiger partial charge in [0, 0.05) is 32.7 Å². The second-order valence-corrected chi connectivity index (χ2v) is 7.59. The number of benzene rings is 1. The number of nitrogens with zero attached hydrogens (tertiary/aromatic N) is 4. The predicted octanol–water partition coefficient (Wildman–Crippen LogP) is 3.27. The minimum atomic E-state index is 0.816. The minimum absolute atomic E-state index is 0.816. The standard InChI is InChI=1S/C17H22N4S2/c1-15-18-21(17(22)23-15)14-20-12-10-19(11-13-20)9-5-8-16-6-3-2-4-7-16/h2-8H,9-14H2,1H3/b8-5+. The van der Waals surface area contributed by atoms with E-state index in [1.54, 1.807) is 11.3 Å². The highest BCUT2D eigenvalue weighted by atomic mass is 32.1. The van der Waals surface area contributed by atoms with E-state index in [2.05, 4.69) is 51.3 Å². The molecule has 3 rings (SSSR count). The van der Waals surface area contributed by atoms with Crippen molar-refractivity contribution in [2.45, 2.75) is 13.6 Å². The molecule has 0 atom stereocenters. The Morgan fingerprint density at radius 3 is 2.48 bits per heavy atom. The number of hydrogen-bond acceptors (Lipinski definition) is 5. The third-order valence-electron chi connectivity index (χ3n) is 3.98. The third kappa shape index (κ3) is 4.81. The molecule has 6 heteroatoms. The van der Waals surface area contributed by atoms with Crippen LogP contribution in [-0.4, -0.2) is 52.3 Å².